The van der Waals surface area contributed by atoms with Crippen molar-refractivity contribution in [2.45, 2.75) is 26.7 Å². The predicted octanol–water partition coefficient (Wildman–Crippen LogP) is 3.04. The topological polar surface area (TPSA) is 76.3 Å². The Balaban J connectivity index is 1.85. The van der Waals surface area contributed by atoms with Crippen LogP contribution in [-0.2, 0) is 13.5 Å². The first-order valence-corrected chi connectivity index (χ1v) is 8.91. The van der Waals surface area contributed by atoms with Crippen molar-refractivity contribution < 1.29 is 4.79 Å². The van der Waals surface area contributed by atoms with Crippen molar-refractivity contribution in [3.8, 4) is 0 Å². The first-order valence-electron chi connectivity index (χ1n) is 8.91. The van der Waals surface area contributed by atoms with Crippen LogP contribution in [-0.4, -0.2) is 21.4 Å². The zero-order chi connectivity index (χ0) is 19.4. The summed E-state index contributed by atoms with van der Waals surface area (Å²) in [6, 6.07) is 15.1. The molecule has 1 N–H and O–H groups in total. The Labute approximate surface area is 157 Å². The lowest BCUT2D eigenvalue weighted by atomic mass is 10.1. The maximum absolute atomic E-state index is 12.6. The van der Waals surface area contributed by atoms with E-state index in [-0.39, 0.29) is 11.3 Å². The van der Waals surface area contributed by atoms with Gasteiger partial charge in [0.25, 0.3) is 11.5 Å². The van der Waals surface area contributed by atoms with Crippen LogP contribution < -0.4 is 11.0 Å². The van der Waals surface area contributed by atoms with Gasteiger partial charge in [0, 0.05) is 12.4 Å². The molecule has 1 heterocycles. The molecular formula is C21H22N4O2. The van der Waals surface area contributed by atoms with E-state index in [9.17, 15) is 9.59 Å². The van der Waals surface area contributed by atoms with Crippen molar-refractivity contribution >= 4 is 22.4 Å². The van der Waals surface area contributed by atoms with Gasteiger partial charge >= 0.3 is 0 Å². The van der Waals surface area contributed by atoms with E-state index in [2.05, 4.69) is 34.7 Å². The summed E-state index contributed by atoms with van der Waals surface area (Å²) >= 11 is 0. The number of aromatic nitrogens is 2. The standard InChI is InChI=1S/C21H22N4O2/c1-4-7-15-10-12-16(13-11-15)14(2)22-23-20(26)19-17-8-5-6-9-18(17)21(27)25(3)24-19/h5-6,8-13H,4,7H2,1-3H3,(H,23,26)/b22-14-. The molecule has 0 unspecified atom stereocenters. The van der Waals surface area contributed by atoms with Crippen LogP contribution in [0, 0.1) is 0 Å². The van der Waals surface area contributed by atoms with Gasteiger partial charge in [-0.2, -0.15) is 10.2 Å². The van der Waals surface area contributed by atoms with E-state index in [1.165, 1.54) is 17.3 Å². The molecule has 1 aromatic heterocycles. The number of rotatable bonds is 5. The fourth-order valence-corrected chi connectivity index (χ4v) is 2.92. The second-order valence-corrected chi connectivity index (χ2v) is 6.41. The smallest absolute Gasteiger partial charge is 0.267 e. The molecule has 0 aliphatic rings. The molecule has 3 rings (SSSR count). The number of hydrazone groups is 1. The third-order valence-electron chi connectivity index (χ3n) is 4.41. The molecule has 0 radical (unpaired) electrons. The molecule has 0 saturated carbocycles. The molecule has 3 aromatic rings. The minimum absolute atomic E-state index is 0.169. The Morgan fingerprint density at radius 1 is 1.11 bits per heavy atom. The molecule has 0 spiro atoms. The van der Waals surface area contributed by atoms with Crippen molar-refractivity contribution in [1.29, 1.82) is 0 Å². The molecule has 0 aliphatic heterocycles. The number of carbonyl (C=O) groups excluding carboxylic acids is 1. The molecule has 1 amide bonds. The Morgan fingerprint density at radius 3 is 2.44 bits per heavy atom. The number of hydrogen-bond donors (Lipinski definition) is 1. The Kier molecular flexibility index (Phi) is 5.45. The second kappa shape index (κ2) is 7.95. The van der Waals surface area contributed by atoms with Crippen LogP contribution in [0.2, 0.25) is 0 Å². The third-order valence-corrected chi connectivity index (χ3v) is 4.41. The van der Waals surface area contributed by atoms with Crippen molar-refractivity contribution in [3.63, 3.8) is 0 Å². The molecule has 2 aromatic carbocycles. The van der Waals surface area contributed by atoms with Gasteiger partial charge in [-0.15, -0.1) is 0 Å². The van der Waals surface area contributed by atoms with Crippen molar-refractivity contribution in [1.82, 2.24) is 15.2 Å². The highest BCUT2D eigenvalue weighted by molar-refractivity contribution is 6.06. The fraction of sp³-hybridized carbons (Fsp3) is 0.238. The highest BCUT2D eigenvalue weighted by Crippen LogP contribution is 2.13. The average molecular weight is 362 g/mol. The second-order valence-electron chi connectivity index (χ2n) is 6.41. The summed E-state index contributed by atoms with van der Waals surface area (Å²) in [6.45, 7) is 3.98. The molecule has 6 heteroatoms. The van der Waals surface area contributed by atoms with E-state index < -0.39 is 5.91 Å². The molecule has 27 heavy (non-hydrogen) atoms. The fourth-order valence-electron chi connectivity index (χ4n) is 2.92. The van der Waals surface area contributed by atoms with E-state index in [1.54, 1.807) is 24.3 Å². The molecule has 0 saturated heterocycles. The number of fused-ring (bicyclic) bond motifs is 1. The van der Waals surface area contributed by atoms with Crippen molar-refractivity contribution in [2.24, 2.45) is 12.1 Å². The van der Waals surface area contributed by atoms with E-state index in [4.69, 9.17) is 0 Å². The Morgan fingerprint density at radius 2 is 1.78 bits per heavy atom. The zero-order valence-electron chi connectivity index (χ0n) is 15.7. The van der Waals surface area contributed by atoms with Crippen LogP contribution in [0.25, 0.3) is 10.8 Å². The monoisotopic (exact) mass is 362 g/mol. The van der Waals surface area contributed by atoms with Gasteiger partial charge < -0.3 is 0 Å². The summed E-state index contributed by atoms with van der Waals surface area (Å²) in [5.41, 5.74) is 5.38. The molecule has 6 nitrogen and oxygen atoms in total. The minimum Gasteiger partial charge on any atom is -0.267 e. The predicted molar refractivity (Wildman–Crippen MR) is 107 cm³/mol. The van der Waals surface area contributed by atoms with E-state index in [0.29, 0.717) is 16.5 Å². The van der Waals surface area contributed by atoms with Gasteiger partial charge in [0.1, 0.15) is 0 Å². The molecule has 138 valence electrons. The Bertz CT molecular complexity index is 1070. The molecular weight excluding hydrogens is 340 g/mol. The molecule has 0 atom stereocenters. The number of carbonyl (C=O) groups is 1. The van der Waals surface area contributed by atoms with Gasteiger partial charge in [-0.1, -0.05) is 55.8 Å². The van der Waals surface area contributed by atoms with Crippen LogP contribution in [0.15, 0.2) is 58.4 Å². The number of amides is 1. The number of benzene rings is 2. The highest BCUT2D eigenvalue weighted by atomic mass is 16.2. The maximum Gasteiger partial charge on any atom is 0.292 e. The minimum atomic E-state index is -0.455. The van der Waals surface area contributed by atoms with Crippen molar-refractivity contribution in [2.75, 3.05) is 0 Å². The summed E-state index contributed by atoms with van der Waals surface area (Å²) in [7, 11) is 1.53. The van der Waals surface area contributed by atoms with Crippen LogP contribution in [0.3, 0.4) is 0 Å². The van der Waals surface area contributed by atoms with Gasteiger partial charge in [-0.3, -0.25) is 9.59 Å². The average Bonchev–Trinajstić information content (AvgIpc) is 2.69. The van der Waals surface area contributed by atoms with E-state index in [1.807, 2.05) is 19.1 Å². The lowest BCUT2D eigenvalue weighted by Crippen LogP contribution is -2.27. The highest BCUT2D eigenvalue weighted by Gasteiger charge is 2.15. The summed E-state index contributed by atoms with van der Waals surface area (Å²) in [6.07, 6.45) is 2.14. The summed E-state index contributed by atoms with van der Waals surface area (Å²) in [5, 5.41) is 9.26. The molecule has 0 bridgehead atoms. The lowest BCUT2D eigenvalue weighted by Gasteiger charge is -2.07. The maximum atomic E-state index is 12.6. The summed E-state index contributed by atoms with van der Waals surface area (Å²) in [4.78, 5) is 24.8. The van der Waals surface area contributed by atoms with E-state index >= 15 is 0 Å². The van der Waals surface area contributed by atoms with Gasteiger partial charge in [-0.05, 0) is 30.5 Å². The Hall–Kier alpha value is -3.28. The van der Waals surface area contributed by atoms with Gasteiger partial charge in [0.2, 0.25) is 0 Å². The van der Waals surface area contributed by atoms with Gasteiger partial charge in [0.05, 0.1) is 11.1 Å². The summed E-state index contributed by atoms with van der Waals surface area (Å²) < 4.78 is 1.17. The zero-order valence-corrected chi connectivity index (χ0v) is 15.7. The van der Waals surface area contributed by atoms with Crippen molar-refractivity contribution in [3.05, 3.63) is 75.7 Å². The van der Waals surface area contributed by atoms with Crippen LogP contribution in [0.1, 0.15) is 41.9 Å². The number of nitrogens with zero attached hydrogens (tertiary/aromatic N) is 3. The third kappa shape index (κ3) is 3.95. The van der Waals surface area contributed by atoms with Crippen LogP contribution in [0.5, 0.6) is 0 Å². The van der Waals surface area contributed by atoms with Gasteiger partial charge in [-0.25, -0.2) is 10.1 Å². The largest absolute Gasteiger partial charge is 0.292 e. The first kappa shape index (κ1) is 18.5. The van der Waals surface area contributed by atoms with Gasteiger partial charge in [0.15, 0.2) is 5.69 Å². The normalized spacial score (nSPS) is 11.6. The number of nitrogens with one attached hydrogen (secondary N) is 1. The lowest BCUT2D eigenvalue weighted by molar-refractivity contribution is 0.0949. The van der Waals surface area contributed by atoms with E-state index in [0.717, 1.165) is 18.4 Å². The quantitative estimate of drug-likeness (QED) is 0.560. The van der Waals surface area contributed by atoms with Crippen LogP contribution >= 0.6 is 0 Å². The SMILES string of the molecule is CCCc1ccc(/C(C)=N\NC(=O)c2nn(C)c(=O)c3ccccc23)cc1. The van der Waals surface area contributed by atoms with Crippen LogP contribution in [0.4, 0.5) is 0 Å². The first-order chi connectivity index (χ1) is 13.0. The molecule has 0 fully saturated rings. The number of hydrogen-bond acceptors (Lipinski definition) is 4. The molecule has 0 aliphatic carbocycles. The number of aryl methyl sites for hydroxylation is 2. The summed E-state index contributed by atoms with van der Waals surface area (Å²) in [5.74, 6) is -0.455.